The van der Waals surface area contributed by atoms with Crippen LogP contribution in [-0.2, 0) is 14.4 Å². The van der Waals surface area contributed by atoms with Gasteiger partial charge in [-0.25, -0.2) is 9.82 Å². The number of pyridine rings is 1. The Labute approximate surface area is 130 Å². The first-order chi connectivity index (χ1) is 10.3. The number of hydrogen-bond acceptors (Lipinski definition) is 5. The summed E-state index contributed by atoms with van der Waals surface area (Å²) in [6.45, 7) is 9.98. The van der Waals surface area contributed by atoms with E-state index in [9.17, 15) is 4.79 Å². The lowest BCUT2D eigenvalue weighted by Crippen LogP contribution is -2.28. The van der Waals surface area contributed by atoms with Crippen molar-refractivity contribution < 1.29 is 14.4 Å². The highest BCUT2D eigenvalue weighted by atomic mass is 16.8. The van der Waals surface area contributed by atoms with E-state index in [1.807, 2.05) is 46.8 Å². The lowest BCUT2D eigenvalue weighted by Gasteiger charge is -2.17. The Morgan fingerprint density at radius 1 is 1.45 bits per heavy atom. The monoisotopic (exact) mass is 305 g/mol. The molecule has 2 heterocycles. The highest BCUT2D eigenvalue weighted by molar-refractivity contribution is 5.93. The minimum absolute atomic E-state index is 0.0781. The van der Waals surface area contributed by atoms with Crippen molar-refractivity contribution in [3.8, 4) is 0 Å². The van der Waals surface area contributed by atoms with E-state index >= 15 is 0 Å². The van der Waals surface area contributed by atoms with E-state index in [1.165, 1.54) is 0 Å². The van der Waals surface area contributed by atoms with Crippen LogP contribution in [0.4, 0.5) is 5.82 Å². The topological polar surface area (TPSA) is 72.5 Å². The molecule has 1 aromatic rings. The molecule has 0 radical (unpaired) electrons. The van der Waals surface area contributed by atoms with Crippen LogP contribution in [0.25, 0.3) is 5.70 Å². The van der Waals surface area contributed by atoms with Gasteiger partial charge in [0.15, 0.2) is 0 Å². The van der Waals surface area contributed by atoms with Gasteiger partial charge in [0, 0.05) is 17.6 Å². The molecule has 0 saturated carbocycles. The second-order valence-corrected chi connectivity index (χ2v) is 6.18. The number of hydrogen-bond donors (Lipinski definition) is 2. The van der Waals surface area contributed by atoms with Crippen molar-refractivity contribution >= 4 is 17.4 Å². The van der Waals surface area contributed by atoms with E-state index in [4.69, 9.17) is 9.57 Å². The molecule has 0 bridgehead atoms. The molecule has 6 heteroatoms. The number of amides is 1. The predicted octanol–water partition coefficient (Wildman–Crippen LogP) is 2.69. The molecule has 1 unspecified atom stereocenters. The van der Waals surface area contributed by atoms with Crippen LogP contribution in [0.2, 0.25) is 0 Å². The van der Waals surface area contributed by atoms with Crippen LogP contribution in [0.5, 0.6) is 0 Å². The van der Waals surface area contributed by atoms with Crippen molar-refractivity contribution in [2.75, 3.05) is 11.9 Å². The third-order valence-electron chi connectivity index (χ3n) is 3.26. The first-order valence-corrected chi connectivity index (χ1v) is 7.36. The maximum Gasteiger partial charge on any atom is 0.230 e. The Balaban J connectivity index is 2.21. The number of carbonyl (C=O) groups excluding carboxylic acids is 1. The molecule has 1 aliphatic heterocycles. The predicted molar refractivity (Wildman–Crippen MR) is 84.6 cm³/mol. The van der Waals surface area contributed by atoms with Gasteiger partial charge in [-0.2, -0.15) is 0 Å². The van der Waals surface area contributed by atoms with Gasteiger partial charge in [-0.3, -0.25) is 10.3 Å². The van der Waals surface area contributed by atoms with E-state index < -0.39 is 11.7 Å². The summed E-state index contributed by atoms with van der Waals surface area (Å²) < 4.78 is 5.47. The quantitative estimate of drug-likeness (QED) is 0.895. The molecule has 1 amide bonds. The maximum absolute atomic E-state index is 12.0. The second-order valence-electron chi connectivity index (χ2n) is 6.18. The third-order valence-corrected chi connectivity index (χ3v) is 3.26. The molecular formula is C16H23N3O3. The first kappa shape index (κ1) is 16.5. The summed E-state index contributed by atoms with van der Waals surface area (Å²) in [5, 5.41) is 2.82. The summed E-state index contributed by atoms with van der Waals surface area (Å²) in [4.78, 5) is 21.9. The van der Waals surface area contributed by atoms with Crippen molar-refractivity contribution in [2.45, 2.75) is 40.9 Å². The number of hydroxylamine groups is 1. The molecule has 6 nitrogen and oxygen atoms in total. The molecular weight excluding hydrogens is 282 g/mol. The van der Waals surface area contributed by atoms with Crippen molar-refractivity contribution in [1.29, 1.82) is 0 Å². The van der Waals surface area contributed by atoms with E-state index in [-0.39, 0.29) is 5.91 Å². The first-order valence-electron chi connectivity index (χ1n) is 7.36. The number of nitrogens with one attached hydrogen (secondary N) is 2. The number of carbonyl (C=O) groups is 1. The Hall–Kier alpha value is -1.92. The number of anilines is 1. The van der Waals surface area contributed by atoms with Gasteiger partial charge in [-0.15, -0.1) is 0 Å². The Bertz CT molecular complexity index is 591. The van der Waals surface area contributed by atoms with Crippen LogP contribution in [0.1, 0.15) is 40.3 Å². The van der Waals surface area contributed by atoms with Gasteiger partial charge in [-0.05, 0) is 26.0 Å². The van der Waals surface area contributed by atoms with E-state index in [0.29, 0.717) is 18.1 Å². The van der Waals surface area contributed by atoms with Crippen LogP contribution < -0.4 is 10.8 Å². The molecule has 1 aromatic heterocycles. The van der Waals surface area contributed by atoms with E-state index in [0.717, 1.165) is 11.3 Å². The molecule has 1 aliphatic rings. The largest absolute Gasteiger partial charge is 0.347 e. The normalized spacial score (nSPS) is 18.3. The Morgan fingerprint density at radius 3 is 2.82 bits per heavy atom. The van der Waals surface area contributed by atoms with Gasteiger partial charge < -0.3 is 10.1 Å². The summed E-state index contributed by atoms with van der Waals surface area (Å²) in [7, 11) is 0. The fraction of sp³-hybridized carbons (Fsp3) is 0.500. The van der Waals surface area contributed by atoms with Crippen LogP contribution >= 0.6 is 0 Å². The summed E-state index contributed by atoms with van der Waals surface area (Å²) >= 11 is 0. The minimum atomic E-state index is -0.471. The molecule has 0 saturated heterocycles. The molecule has 1 atom stereocenters. The van der Waals surface area contributed by atoms with Crippen molar-refractivity contribution in [3.05, 3.63) is 29.5 Å². The fourth-order valence-electron chi connectivity index (χ4n) is 1.91. The van der Waals surface area contributed by atoms with Gasteiger partial charge in [0.1, 0.15) is 5.82 Å². The SMILES string of the molecule is CCOC1ONC(c2cccc(NC(=O)C(C)(C)C)n2)=C1C. The number of ether oxygens (including phenoxy) is 1. The lowest BCUT2D eigenvalue weighted by atomic mass is 9.96. The molecule has 0 aliphatic carbocycles. The molecule has 2 N–H and O–H groups in total. The highest BCUT2D eigenvalue weighted by Gasteiger charge is 2.26. The van der Waals surface area contributed by atoms with Crippen molar-refractivity contribution in [3.63, 3.8) is 0 Å². The van der Waals surface area contributed by atoms with E-state index in [2.05, 4.69) is 15.8 Å². The smallest absolute Gasteiger partial charge is 0.230 e. The fourth-order valence-corrected chi connectivity index (χ4v) is 1.91. The van der Waals surface area contributed by atoms with E-state index in [1.54, 1.807) is 6.07 Å². The summed E-state index contributed by atoms with van der Waals surface area (Å²) in [5.74, 6) is 0.435. The average molecular weight is 305 g/mol. The standard InChI is InChI=1S/C16H23N3O3/c1-6-21-14-10(2)13(19-22-14)11-8-7-9-12(17-11)18-15(20)16(3,4)5/h7-9,14,19H,6H2,1-5H3,(H,17,18,20). The van der Waals surface area contributed by atoms with Crippen LogP contribution in [-0.4, -0.2) is 23.8 Å². The van der Waals surface area contributed by atoms with Crippen molar-refractivity contribution in [2.24, 2.45) is 5.41 Å². The molecule has 120 valence electrons. The molecule has 0 fully saturated rings. The third kappa shape index (κ3) is 3.64. The molecule has 22 heavy (non-hydrogen) atoms. The summed E-state index contributed by atoms with van der Waals surface area (Å²) in [6.07, 6.45) is -0.408. The van der Waals surface area contributed by atoms with Gasteiger partial charge in [0.2, 0.25) is 12.2 Å². The lowest BCUT2D eigenvalue weighted by molar-refractivity contribution is -0.127. The molecule has 0 spiro atoms. The molecule has 2 rings (SSSR count). The Morgan fingerprint density at radius 2 is 2.18 bits per heavy atom. The number of nitrogens with zero attached hydrogens (tertiary/aromatic N) is 1. The number of aromatic nitrogens is 1. The zero-order valence-corrected chi connectivity index (χ0v) is 13.7. The highest BCUT2D eigenvalue weighted by Crippen LogP contribution is 2.26. The zero-order valence-electron chi connectivity index (χ0n) is 13.7. The van der Waals surface area contributed by atoms with Gasteiger partial charge >= 0.3 is 0 Å². The van der Waals surface area contributed by atoms with Crippen LogP contribution in [0.3, 0.4) is 0 Å². The minimum Gasteiger partial charge on any atom is -0.347 e. The average Bonchev–Trinajstić information content (AvgIpc) is 2.80. The van der Waals surface area contributed by atoms with Gasteiger partial charge in [0.25, 0.3) is 0 Å². The summed E-state index contributed by atoms with van der Waals surface area (Å²) in [6, 6.07) is 5.46. The van der Waals surface area contributed by atoms with Crippen LogP contribution in [0, 0.1) is 5.41 Å². The number of rotatable bonds is 4. The van der Waals surface area contributed by atoms with Crippen LogP contribution in [0.15, 0.2) is 23.8 Å². The van der Waals surface area contributed by atoms with Crippen molar-refractivity contribution in [1.82, 2.24) is 10.5 Å². The molecule has 0 aromatic carbocycles. The maximum atomic E-state index is 12.0. The zero-order chi connectivity index (χ0) is 16.3. The van der Waals surface area contributed by atoms with Gasteiger partial charge in [-0.1, -0.05) is 26.8 Å². The summed E-state index contributed by atoms with van der Waals surface area (Å²) in [5.41, 5.74) is 4.77. The van der Waals surface area contributed by atoms with Gasteiger partial charge in [0.05, 0.1) is 11.4 Å². The Kier molecular flexibility index (Phi) is 4.83. The second kappa shape index (κ2) is 6.46.